The lowest BCUT2D eigenvalue weighted by Gasteiger charge is -2.28. The number of hydrogen-bond donors (Lipinski definition) is 0. The smallest absolute Gasteiger partial charge is 0.0540 e. The third-order valence-electron chi connectivity index (χ3n) is 10.3. The van der Waals surface area contributed by atoms with Crippen LogP contribution in [0.25, 0.3) is 75.1 Å². The molecule has 0 saturated carbocycles. The van der Waals surface area contributed by atoms with Gasteiger partial charge in [-0.25, -0.2) is 0 Å². The van der Waals surface area contributed by atoms with Gasteiger partial charge in [-0.15, -0.1) is 11.3 Å². The molecule has 0 radical (unpaired) electrons. The fraction of sp³-hybridized carbons (Fsp3) is 0. The van der Waals surface area contributed by atoms with Crippen LogP contribution in [0.3, 0.4) is 0 Å². The van der Waals surface area contributed by atoms with Crippen LogP contribution in [-0.4, -0.2) is 0 Å². The molecule has 9 aromatic carbocycles. The topological polar surface area (TPSA) is 3.24 Å². The molecule has 1 nitrogen and oxygen atoms in total. The Kier molecular flexibility index (Phi) is 7.41. The third-order valence-corrected chi connectivity index (χ3v) is 11.5. The molecule has 0 amide bonds. The highest BCUT2D eigenvalue weighted by molar-refractivity contribution is 7.26. The molecule has 1 heterocycles. The molecule has 10 aromatic rings. The number of benzene rings is 9. The lowest BCUT2D eigenvalue weighted by atomic mass is 9.98. The molecule has 52 heavy (non-hydrogen) atoms. The van der Waals surface area contributed by atoms with E-state index in [-0.39, 0.29) is 0 Å². The van der Waals surface area contributed by atoms with E-state index >= 15 is 0 Å². The van der Waals surface area contributed by atoms with E-state index in [0.29, 0.717) is 0 Å². The highest BCUT2D eigenvalue weighted by atomic mass is 32.1. The van der Waals surface area contributed by atoms with E-state index in [0.717, 1.165) is 17.1 Å². The Morgan fingerprint density at radius 1 is 0.327 bits per heavy atom. The van der Waals surface area contributed by atoms with Gasteiger partial charge in [0.05, 0.1) is 5.69 Å². The van der Waals surface area contributed by atoms with Crippen molar-refractivity contribution in [1.82, 2.24) is 0 Å². The third kappa shape index (κ3) is 5.33. The van der Waals surface area contributed by atoms with Crippen molar-refractivity contribution in [3.8, 4) is 33.4 Å². The van der Waals surface area contributed by atoms with E-state index in [2.05, 4.69) is 205 Å². The predicted molar refractivity (Wildman–Crippen MR) is 225 cm³/mol. The van der Waals surface area contributed by atoms with E-state index in [4.69, 9.17) is 0 Å². The summed E-state index contributed by atoms with van der Waals surface area (Å²) in [5.74, 6) is 0. The van der Waals surface area contributed by atoms with Crippen LogP contribution in [0.2, 0.25) is 0 Å². The summed E-state index contributed by atoms with van der Waals surface area (Å²) in [6.07, 6.45) is 0. The Bertz CT molecular complexity index is 2890. The van der Waals surface area contributed by atoms with Crippen molar-refractivity contribution in [3.63, 3.8) is 0 Å². The number of anilines is 3. The van der Waals surface area contributed by atoms with Gasteiger partial charge in [0.2, 0.25) is 0 Å². The number of rotatable bonds is 6. The van der Waals surface area contributed by atoms with Crippen LogP contribution in [0.1, 0.15) is 0 Å². The average Bonchev–Trinajstić information content (AvgIpc) is 3.61. The van der Waals surface area contributed by atoms with E-state index in [1.807, 2.05) is 11.3 Å². The van der Waals surface area contributed by atoms with E-state index in [9.17, 15) is 0 Å². The minimum atomic E-state index is 1.11. The summed E-state index contributed by atoms with van der Waals surface area (Å²) in [5, 5.41) is 7.76. The first-order chi connectivity index (χ1) is 25.8. The van der Waals surface area contributed by atoms with E-state index in [1.165, 1.54) is 75.1 Å². The molecule has 10 rings (SSSR count). The minimum Gasteiger partial charge on any atom is -0.310 e. The number of para-hydroxylation sites is 1. The molecule has 0 saturated heterocycles. The standard InChI is InChI=1S/C50H33NS/c1-2-11-37(12-3-1)44-14-6-8-16-48(44)51(42-27-22-35(23-28-42)40-20-18-34-10-4-5-13-39(34)32-40)43-29-24-36(25-30-43)41-21-19-38-26-31-46-45-15-7-9-17-49(45)52-50(46)47(38)33-41/h1-33H. The average molecular weight is 680 g/mol. The van der Waals surface area contributed by atoms with Crippen LogP contribution >= 0.6 is 11.3 Å². The maximum Gasteiger partial charge on any atom is 0.0540 e. The zero-order valence-electron chi connectivity index (χ0n) is 28.4. The van der Waals surface area contributed by atoms with Crippen molar-refractivity contribution in [2.45, 2.75) is 0 Å². The first kappa shape index (κ1) is 30.4. The van der Waals surface area contributed by atoms with Crippen LogP contribution < -0.4 is 4.90 Å². The molecule has 0 aliphatic heterocycles. The van der Waals surface area contributed by atoms with Crippen molar-refractivity contribution in [2.75, 3.05) is 4.90 Å². The maximum absolute atomic E-state index is 2.39. The molecule has 1 aromatic heterocycles. The predicted octanol–water partition coefficient (Wildman–Crippen LogP) is 14.8. The highest BCUT2D eigenvalue weighted by Gasteiger charge is 2.18. The monoisotopic (exact) mass is 679 g/mol. The molecular formula is C50H33NS. The molecule has 2 heteroatoms. The van der Waals surface area contributed by atoms with Crippen LogP contribution in [0, 0.1) is 0 Å². The first-order valence-corrected chi connectivity index (χ1v) is 18.6. The van der Waals surface area contributed by atoms with Crippen molar-refractivity contribution in [2.24, 2.45) is 0 Å². The second-order valence-electron chi connectivity index (χ2n) is 13.4. The van der Waals surface area contributed by atoms with Crippen molar-refractivity contribution in [3.05, 3.63) is 200 Å². The van der Waals surface area contributed by atoms with Gasteiger partial charge in [-0.3, -0.25) is 0 Å². The molecule has 0 spiro atoms. The molecule has 0 aliphatic carbocycles. The van der Waals surface area contributed by atoms with Gasteiger partial charge < -0.3 is 4.90 Å². The molecule has 0 unspecified atom stereocenters. The summed E-state index contributed by atoms with van der Waals surface area (Å²) >= 11 is 1.89. The van der Waals surface area contributed by atoms with Gasteiger partial charge in [0, 0.05) is 42.5 Å². The van der Waals surface area contributed by atoms with Crippen molar-refractivity contribution >= 4 is 70.1 Å². The van der Waals surface area contributed by atoms with E-state index < -0.39 is 0 Å². The number of nitrogens with zero attached hydrogens (tertiary/aromatic N) is 1. The van der Waals surface area contributed by atoms with Gasteiger partial charge in [0.25, 0.3) is 0 Å². The molecule has 0 N–H and O–H groups in total. The highest BCUT2D eigenvalue weighted by Crippen LogP contribution is 2.43. The molecule has 0 aliphatic rings. The Labute approximate surface area is 307 Å². The van der Waals surface area contributed by atoms with E-state index in [1.54, 1.807) is 0 Å². The summed E-state index contributed by atoms with van der Waals surface area (Å²) in [6, 6.07) is 72.9. The molecule has 0 atom stereocenters. The molecular weight excluding hydrogens is 647 g/mol. The van der Waals surface area contributed by atoms with Crippen molar-refractivity contribution in [1.29, 1.82) is 0 Å². The van der Waals surface area contributed by atoms with Crippen LogP contribution in [0.15, 0.2) is 200 Å². The van der Waals surface area contributed by atoms with Gasteiger partial charge in [0.1, 0.15) is 0 Å². The Morgan fingerprint density at radius 3 is 1.67 bits per heavy atom. The fourth-order valence-electron chi connectivity index (χ4n) is 7.61. The summed E-state index contributed by atoms with van der Waals surface area (Å²) in [6.45, 7) is 0. The lowest BCUT2D eigenvalue weighted by molar-refractivity contribution is 1.28. The summed E-state index contributed by atoms with van der Waals surface area (Å²) in [7, 11) is 0. The molecule has 0 bridgehead atoms. The quantitative estimate of drug-likeness (QED) is 0.169. The number of thiophene rings is 1. The maximum atomic E-state index is 2.39. The largest absolute Gasteiger partial charge is 0.310 e. The van der Waals surface area contributed by atoms with Gasteiger partial charge in [-0.2, -0.15) is 0 Å². The minimum absolute atomic E-state index is 1.11. The summed E-state index contributed by atoms with van der Waals surface area (Å²) < 4.78 is 2.69. The zero-order chi connectivity index (χ0) is 34.4. The lowest BCUT2D eigenvalue weighted by Crippen LogP contribution is -2.11. The molecule has 244 valence electrons. The van der Waals surface area contributed by atoms with Gasteiger partial charge in [-0.1, -0.05) is 152 Å². The second kappa shape index (κ2) is 12.7. The Hall–Kier alpha value is -6.48. The Morgan fingerprint density at radius 2 is 0.904 bits per heavy atom. The second-order valence-corrected chi connectivity index (χ2v) is 14.4. The van der Waals surface area contributed by atoms with Gasteiger partial charge in [0.15, 0.2) is 0 Å². The number of fused-ring (bicyclic) bond motifs is 6. The van der Waals surface area contributed by atoms with Crippen LogP contribution in [-0.2, 0) is 0 Å². The van der Waals surface area contributed by atoms with Gasteiger partial charge >= 0.3 is 0 Å². The first-order valence-electron chi connectivity index (χ1n) is 17.8. The number of hydrogen-bond acceptors (Lipinski definition) is 2. The molecule has 0 fully saturated rings. The van der Waals surface area contributed by atoms with Gasteiger partial charge in [-0.05, 0) is 92.5 Å². The van der Waals surface area contributed by atoms with Crippen LogP contribution in [0.5, 0.6) is 0 Å². The summed E-state index contributed by atoms with van der Waals surface area (Å²) in [4.78, 5) is 2.39. The normalized spacial score (nSPS) is 11.5. The van der Waals surface area contributed by atoms with Crippen molar-refractivity contribution < 1.29 is 0 Å². The Balaban J connectivity index is 1.07. The fourth-order valence-corrected chi connectivity index (χ4v) is 8.84. The zero-order valence-corrected chi connectivity index (χ0v) is 29.2. The SMILES string of the molecule is c1ccc(-c2ccccc2N(c2ccc(-c3ccc4ccccc4c3)cc2)c2ccc(-c3ccc4ccc5c6ccccc6sc5c4c3)cc2)cc1. The summed E-state index contributed by atoms with van der Waals surface area (Å²) in [5.41, 5.74) is 10.6. The van der Waals surface area contributed by atoms with Crippen LogP contribution in [0.4, 0.5) is 17.1 Å².